The first-order chi connectivity index (χ1) is 5.66. The van der Waals surface area contributed by atoms with Crippen molar-refractivity contribution in [1.29, 1.82) is 0 Å². The van der Waals surface area contributed by atoms with Crippen LogP contribution in [0.4, 0.5) is 0 Å². The number of hydrogen-bond acceptors (Lipinski definition) is 3. The average molecular weight is 284 g/mol. The summed E-state index contributed by atoms with van der Waals surface area (Å²) in [7, 11) is 0. The third-order valence-corrected chi connectivity index (χ3v) is 3.28. The zero-order chi connectivity index (χ0) is 8.72. The Labute approximate surface area is 90.7 Å². The van der Waals surface area contributed by atoms with Gasteiger partial charge in [-0.25, -0.2) is 9.97 Å². The van der Waals surface area contributed by atoms with Crippen molar-refractivity contribution in [3.63, 3.8) is 0 Å². The van der Waals surface area contributed by atoms with Gasteiger partial charge in [-0.1, -0.05) is 11.6 Å². The van der Waals surface area contributed by atoms with Crippen LogP contribution < -0.4 is 0 Å². The van der Waals surface area contributed by atoms with Crippen molar-refractivity contribution < 1.29 is 0 Å². The highest BCUT2D eigenvalue weighted by molar-refractivity contribution is 9.11. The van der Waals surface area contributed by atoms with E-state index < -0.39 is 0 Å². The van der Waals surface area contributed by atoms with Crippen molar-refractivity contribution in [2.75, 3.05) is 0 Å². The summed E-state index contributed by atoms with van der Waals surface area (Å²) >= 11 is 16.3. The van der Waals surface area contributed by atoms with E-state index in [9.17, 15) is 0 Å². The van der Waals surface area contributed by atoms with E-state index in [4.69, 9.17) is 23.2 Å². The van der Waals surface area contributed by atoms with Gasteiger partial charge in [0.05, 0.1) is 9.17 Å². The molecule has 0 amide bonds. The first-order valence-corrected chi connectivity index (χ1v) is 5.31. The summed E-state index contributed by atoms with van der Waals surface area (Å²) < 4.78 is 0.968. The average Bonchev–Trinajstić information content (AvgIpc) is 2.29. The highest BCUT2D eigenvalue weighted by Gasteiger charge is 2.07. The van der Waals surface area contributed by atoms with Crippen LogP contribution in [-0.2, 0) is 0 Å². The second kappa shape index (κ2) is 3.10. The van der Waals surface area contributed by atoms with E-state index in [1.54, 1.807) is 0 Å². The maximum Gasteiger partial charge on any atom is 0.225 e. The molecule has 2 aromatic rings. The van der Waals surface area contributed by atoms with Crippen LogP contribution in [0.1, 0.15) is 0 Å². The maximum absolute atomic E-state index is 5.83. The molecule has 2 rings (SSSR count). The van der Waals surface area contributed by atoms with Gasteiger partial charge in [-0.3, -0.25) is 0 Å². The molecular weight excluding hydrogens is 283 g/mol. The second-order valence-corrected chi connectivity index (χ2v) is 5.16. The molecule has 0 aromatic carbocycles. The minimum Gasteiger partial charge on any atom is -0.207 e. The Hall–Kier alpha value is 0.1000. The predicted octanol–water partition coefficient (Wildman–Crippen LogP) is 3.76. The van der Waals surface area contributed by atoms with Crippen LogP contribution in [0.25, 0.3) is 10.2 Å². The normalized spacial score (nSPS) is 10.9. The summed E-state index contributed by atoms with van der Waals surface area (Å²) in [6.45, 7) is 0. The van der Waals surface area contributed by atoms with Crippen LogP contribution in [0.15, 0.2) is 9.85 Å². The van der Waals surface area contributed by atoms with E-state index in [0.29, 0.717) is 5.15 Å². The van der Waals surface area contributed by atoms with Gasteiger partial charge in [0.1, 0.15) is 9.98 Å². The Morgan fingerprint density at radius 2 is 2.08 bits per heavy atom. The quantitative estimate of drug-likeness (QED) is 0.543. The van der Waals surface area contributed by atoms with Crippen molar-refractivity contribution >= 4 is 60.7 Å². The van der Waals surface area contributed by atoms with E-state index in [1.807, 2.05) is 6.07 Å². The van der Waals surface area contributed by atoms with Gasteiger partial charge in [0.2, 0.25) is 5.28 Å². The maximum atomic E-state index is 5.83. The lowest BCUT2D eigenvalue weighted by Crippen LogP contribution is -1.81. The molecule has 0 aliphatic rings. The van der Waals surface area contributed by atoms with E-state index in [2.05, 4.69) is 25.9 Å². The van der Waals surface area contributed by atoms with Crippen LogP contribution in [0.5, 0.6) is 0 Å². The topological polar surface area (TPSA) is 25.8 Å². The van der Waals surface area contributed by atoms with Gasteiger partial charge >= 0.3 is 0 Å². The van der Waals surface area contributed by atoms with Gasteiger partial charge in [-0.15, -0.1) is 11.3 Å². The molecule has 0 spiro atoms. The van der Waals surface area contributed by atoms with Crippen LogP contribution in [0, 0.1) is 0 Å². The van der Waals surface area contributed by atoms with Gasteiger partial charge in [-0.05, 0) is 33.6 Å². The van der Waals surface area contributed by atoms with Gasteiger partial charge in [0, 0.05) is 0 Å². The van der Waals surface area contributed by atoms with Crippen LogP contribution >= 0.6 is 50.5 Å². The van der Waals surface area contributed by atoms with Gasteiger partial charge in [0.15, 0.2) is 0 Å². The molecule has 0 radical (unpaired) electrons. The Kier molecular flexibility index (Phi) is 2.25. The molecule has 0 saturated carbocycles. The fourth-order valence-corrected chi connectivity index (χ4v) is 2.82. The third-order valence-electron chi connectivity index (χ3n) is 1.29. The van der Waals surface area contributed by atoms with Crippen LogP contribution in [0.2, 0.25) is 10.4 Å². The SMILES string of the molecule is Clc1nc(Cl)c2cc(Br)sc2n1. The van der Waals surface area contributed by atoms with Gasteiger partial charge in [0.25, 0.3) is 0 Å². The van der Waals surface area contributed by atoms with E-state index in [0.717, 1.165) is 14.0 Å². The first-order valence-electron chi connectivity index (χ1n) is 2.95. The lowest BCUT2D eigenvalue weighted by atomic mass is 10.4. The van der Waals surface area contributed by atoms with E-state index >= 15 is 0 Å². The van der Waals surface area contributed by atoms with Gasteiger partial charge < -0.3 is 0 Å². The van der Waals surface area contributed by atoms with Crippen molar-refractivity contribution in [3.8, 4) is 0 Å². The van der Waals surface area contributed by atoms with E-state index in [1.165, 1.54) is 11.3 Å². The van der Waals surface area contributed by atoms with Crippen molar-refractivity contribution in [1.82, 2.24) is 9.97 Å². The number of hydrogen-bond donors (Lipinski definition) is 0. The number of aromatic nitrogens is 2. The Morgan fingerprint density at radius 1 is 1.33 bits per heavy atom. The largest absolute Gasteiger partial charge is 0.225 e. The molecular formula is C6HBrCl2N2S. The van der Waals surface area contributed by atoms with Crippen molar-refractivity contribution in [3.05, 3.63) is 20.3 Å². The molecule has 2 nitrogen and oxygen atoms in total. The molecule has 0 bridgehead atoms. The van der Waals surface area contributed by atoms with Crippen molar-refractivity contribution in [2.45, 2.75) is 0 Å². The molecule has 0 aliphatic carbocycles. The molecule has 62 valence electrons. The van der Waals surface area contributed by atoms with Crippen LogP contribution in [-0.4, -0.2) is 9.97 Å². The molecule has 12 heavy (non-hydrogen) atoms. The van der Waals surface area contributed by atoms with E-state index in [-0.39, 0.29) is 5.28 Å². The van der Waals surface area contributed by atoms with Crippen molar-refractivity contribution in [2.24, 2.45) is 0 Å². The minimum atomic E-state index is 0.182. The predicted molar refractivity (Wildman–Crippen MR) is 55.1 cm³/mol. The monoisotopic (exact) mass is 282 g/mol. The molecule has 2 aromatic heterocycles. The molecule has 2 heterocycles. The summed E-state index contributed by atoms with van der Waals surface area (Å²) in [6, 6.07) is 1.87. The number of halogens is 3. The zero-order valence-corrected chi connectivity index (χ0v) is 9.43. The third kappa shape index (κ3) is 1.44. The zero-order valence-electron chi connectivity index (χ0n) is 5.51. The minimum absolute atomic E-state index is 0.182. The standard InChI is InChI=1S/C6HBrCl2N2S/c7-3-1-2-4(8)10-6(9)11-5(2)12-3/h1H. The fraction of sp³-hybridized carbons (Fsp3) is 0. The number of nitrogens with zero attached hydrogens (tertiary/aromatic N) is 2. The van der Waals surface area contributed by atoms with Crippen LogP contribution in [0.3, 0.4) is 0 Å². The Bertz CT molecular complexity index is 442. The lowest BCUT2D eigenvalue weighted by molar-refractivity contribution is 1.23. The first kappa shape index (κ1) is 8.69. The van der Waals surface area contributed by atoms with Gasteiger partial charge in [-0.2, -0.15) is 0 Å². The molecule has 0 atom stereocenters. The molecule has 0 unspecified atom stereocenters. The lowest BCUT2D eigenvalue weighted by Gasteiger charge is -1.91. The summed E-state index contributed by atoms with van der Waals surface area (Å²) in [4.78, 5) is 8.63. The molecule has 6 heteroatoms. The molecule has 0 N–H and O–H groups in total. The number of thiophene rings is 1. The fourth-order valence-electron chi connectivity index (χ4n) is 0.833. The molecule has 0 aliphatic heterocycles. The highest BCUT2D eigenvalue weighted by atomic mass is 79.9. The summed E-state index contributed by atoms with van der Waals surface area (Å²) in [5, 5.41) is 1.41. The molecule has 0 fully saturated rings. The summed E-state index contributed by atoms with van der Waals surface area (Å²) in [5.74, 6) is 0. The summed E-state index contributed by atoms with van der Waals surface area (Å²) in [6.07, 6.45) is 0. The number of rotatable bonds is 0. The number of fused-ring (bicyclic) bond motifs is 1. The Balaban J connectivity index is 2.88. The smallest absolute Gasteiger partial charge is 0.207 e. The highest BCUT2D eigenvalue weighted by Crippen LogP contribution is 2.32. The Morgan fingerprint density at radius 3 is 2.83 bits per heavy atom. The molecule has 0 saturated heterocycles. The summed E-state index contributed by atoms with van der Waals surface area (Å²) in [5.41, 5.74) is 0. The second-order valence-electron chi connectivity index (χ2n) is 2.05.